The summed E-state index contributed by atoms with van der Waals surface area (Å²) < 4.78 is 1.61. The summed E-state index contributed by atoms with van der Waals surface area (Å²) in [6.07, 6.45) is 5.03. The van der Waals surface area contributed by atoms with Gasteiger partial charge in [-0.05, 0) is 24.6 Å². The molecule has 0 aromatic carbocycles. The molecule has 0 saturated carbocycles. The van der Waals surface area contributed by atoms with E-state index in [1.54, 1.807) is 23.2 Å². The summed E-state index contributed by atoms with van der Waals surface area (Å²) in [5.41, 5.74) is 0.931. The minimum atomic E-state index is -0.104. The Bertz CT molecular complexity index is 608. The van der Waals surface area contributed by atoms with E-state index < -0.39 is 0 Å². The molecule has 19 heavy (non-hydrogen) atoms. The average Bonchev–Trinajstić information content (AvgIpc) is 2.46. The van der Waals surface area contributed by atoms with Crippen molar-refractivity contribution in [3.8, 4) is 0 Å². The van der Waals surface area contributed by atoms with Gasteiger partial charge in [0.05, 0.1) is 0 Å². The molecule has 0 aliphatic heterocycles. The number of hydrogen-bond acceptors (Lipinski definition) is 5. The maximum atomic E-state index is 12.0. The topological polar surface area (TPSA) is 71.8 Å². The molecule has 0 radical (unpaired) electrons. The Morgan fingerprint density at radius 2 is 2.16 bits per heavy atom. The van der Waals surface area contributed by atoms with Crippen LogP contribution in [0.15, 0.2) is 35.5 Å². The van der Waals surface area contributed by atoms with Gasteiger partial charge in [-0.15, -0.1) is 0 Å². The van der Waals surface area contributed by atoms with Crippen molar-refractivity contribution in [3.05, 3.63) is 46.6 Å². The second-order valence-corrected chi connectivity index (χ2v) is 4.02. The molecule has 0 saturated heterocycles. The van der Waals surface area contributed by atoms with Gasteiger partial charge < -0.3 is 15.2 Å². The molecule has 2 heterocycles. The number of hydrogen-bond donors (Lipinski definition) is 2. The number of aryl methyl sites for hydroxylation is 1. The fraction of sp³-hybridized carbons (Fsp3) is 0.308. The van der Waals surface area contributed by atoms with Crippen molar-refractivity contribution in [2.75, 3.05) is 17.7 Å². The van der Waals surface area contributed by atoms with Crippen LogP contribution in [-0.4, -0.2) is 21.6 Å². The quantitative estimate of drug-likeness (QED) is 0.847. The molecule has 0 amide bonds. The lowest BCUT2D eigenvalue weighted by molar-refractivity contribution is 0.718. The van der Waals surface area contributed by atoms with Crippen LogP contribution in [0.25, 0.3) is 0 Å². The van der Waals surface area contributed by atoms with Crippen LogP contribution in [0.2, 0.25) is 0 Å². The average molecular weight is 259 g/mol. The second kappa shape index (κ2) is 5.99. The highest BCUT2D eigenvalue weighted by Crippen LogP contribution is 2.07. The van der Waals surface area contributed by atoms with Crippen molar-refractivity contribution >= 4 is 11.6 Å². The molecule has 2 aromatic heterocycles. The fourth-order valence-electron chi connectivity index (χ4n) is 1.72. The highest BCUT2D eigenvalue weighted by molar-refractivity contribution is 5.39. The largest absolute Gasteiger partial charge is 0.373 e. The maximum Gasteiger partial charge on any atom is 0.293 e. The zero-order valence-corrected chi connectivity index (χ0v) is 11.1. The summed E-state index contributed by atoms with van der Waals surface area (Å²) in [6, 6.07) is 3.82. The molecule has 0 spiro atoms. The van der Waals surface area contributed by atoms with Crippen molar-refractivity contribution in [2.24, 2.45) is 0 Å². The lowest BCUT2D eigenvalue weighted by Crippen LogP contribution is -2.23. The van der Waals surface area contributed by atoms with E-state index in [0.29, 0.717) is 18.9 Å². The number of nitrogens with one attached hydrogen (secondary N) is 2. The lowest BCUT2D eigenvalue weighted by Gasteiger charge is -2.08. The van der Waals surface area contributed by atoms with Crippen LogP contribution in [0.1, 0.15) is 12.5 Å². The normalized spacial score (nSPS) is 10.2. The van der Waals surface area contributed by atoms with Gasteiger partial charge in [0.1, 0.15) is 5.82 Å². The monoisotopic (exact) mass is 259 g/mol. The number of anilines is 2. The maximum absolute atomic E-state index is 12.0. The standard InChI is InChI=1S/C13H17N5O/c1-3-18-7-6-16-12(13(18)19)17-9-10-4-5-15-11(8-10)14-2/h4-8H,3,9H2,1-2H3,(H,14,15)(H,16,17). The van der Waals surface area contributed by atoms with Gasteiger partial charge in [-0.2, -0.15) is 0 Å². The van der Waals surface area contributed by atoms with E-state index in [2.05, 4.69) is 20.6 Å². The first-order valence-electron chi connectivity index (χ1n) is 6.16. The highest BCUT2D eigenvalue weighted by Gasteiger charge is 2.03. The Morgan fingerprint density at radius 1 is 1.32 bits per heavy atom. The highest BCUT2D eigenvalue weighted by atomic mass is 16.1. The Hall–Kier alpha value is -2.37. The van der Waals surface area contributed by atoms with Crippen LogP contribution in [0.4, 0.5) is 11.6 Å². The molecule has 6 nitrogen and oxygen atoms in total. The van der Waals surface area contributed by atoms with Gasteiger partial charge >= 0.3 is 0 Å². The van der Waals surface area contributed by atoms with E-state index in [4.69, 9.17) is 0 Å². The molecule has 0 aliphatic carbocycles. The predicted octanol–water partition coefficient (Wildman–Crippen LogP) is 1.31. The molecule has 0 unspecified atom stereocenters. The minimum Gasteiger partial charge on any atom is -0.373 e. The molecule has 100 valence electrons. The van der Waals surface area contributed by atoms with Crippen LogP contribution in [0, 0.1) is 0 Å². The van der Waals surface area contributed by atoms with E-state index in [9.17, 15) is 4.79 Å². The van der Waals surface area contributed by atoms with Crippen molar-refractivity contribution in [2.45, 2.75) is 20.0 Å². The van der Waals surface area contributed by atoms with Gasteiger partial charge in [0.25, 0.3) is 5.56 Å². The first-order chi connectivity index (χ1) is 9.24. The Balaban J connectivity index is 2.12. The third-order valence-electron chi connectivity index (χ3n) is 2.79. The molecule has 0 aliphatic rings. The van der Waals surface area contributed by atoms with Crippen molar-refractivity contribution in [1.82, 2.24) is 14.5 Å². The summed E-state index contributed by atoms with van der Waals surface area (Å²) in [5.74, 6) is 1.17. The van der Waals surface area contributed by atoms with E-state index in [-0.39, 0.29) is 5.56 Å². The van der Waals surface area contributed by atoms with Gasteiger partial charge in [0, 0.05) is 38.7 Å². The van der Waals surface area contributed by atoms with E-state index >= 15 is 0 Å². The number of nitrogens with zero attached hydrogens (tertiary/aromatic N) is 3. The van der Waals surface area contributed by atoms with Gasteiger partial charge in [0.15, 0.2) is 5.82 Å². The number of pyridine rings is 1. The summed E-state index contributed by atoms with van der Waals surface area (Å²) in [5, 5.41) is 6.03. The molecule has 0 atom stereocenters. The fourth-order valence-corrected chi connectivity index (χ4v) is 1.72. The van der Waals surface area contributed by atoms with Crippen molar-refractivity contribution in [1.29, 1.82) is 0 Å². The summed E-state index contributed by atoms with van der Waals surface area (Å²) in [6.45, 7) is 3.09. The van der Waals surface area contributed by atoms with E-state index in [0.717, 1.165) is 11.4 Å². The zero-order chi connectivity index (χ0) is 13.7. The van der Waals surface area contributed by atoms with E-state index in [1.807, 2.05) is 26.1 Å². The van der Waals surface area contributed by atoms with Gasteiger partial charge in [-0.25, -0.2) is 9.97 Å². The Morgan fingerprint density at radius 3 is 2.89 bits per heavy atom. The van der Waals surface area contributed by atoms with Crippen molar-refractivity contribution < 1.29 is 0 Å². The van der Waals surface area contributed by atoms with E-state index in [1.165, 1.54) is 0 Å². The molecular formula is C13H17N5O. The van der Waals surface area contributed by atoms with Gasteiger partial charge in [0.2, 0.25) is 0 Å². The number of rotatable bonds is 5. The predicted molar refractivity (Wildman–Crippen MR) is 75.3 cm³/mol. The smallest absolute Gasteiger partial charge is 0.293 e. The summed E-state index contributed by atoms with van der Waals surface area (Å²) >= 11 is 0. The van der Waals surface area contributed by atoms with Gasteiger partial charge in [-0.3, -0.25) is 4.79 Å². The SMILES string of the molecule is CCn1ccnc(NCc2ccnc(NC)c2)c1=O. The van der Waals surface area contributed by atoms with Crippen LogP contribution < -0.4 is 16.2 Å². The van der Waals surface area contributed by atoms with Crippen molar-refractivity contribution in [3.63, 3.8) is 0 Å². The molecule has 0 bridgehead atoms. The van der Waals surface area contributed by atoms with Crippen LogP contribution in [-0.2, 0) is 13.1 Å². The number of aromatic nitrogens is 3. The van der Waals surface area contributed by atoms with Crippen LogP contribution in [0.5, 0.6) is 0 Å². The Kier molecular flexibility index (Phi) is 4.12. The summed E-state index contributed by atoms with van der Waals surface area (Å²) in [7, 11) is 1.82. The third kappa shape index (κ3) is 3.09. The molecule has 2 aromatic rings. The second-order valence-electron chi connectivity index (χ2n) is 4.02. The van der Waals surface area contributed by atoms with Gasteiger partial charge in [-0.1, -0.05) is 0 Å². The zero-order valence-electron chi connectivity index (χ0n) is 11.1. The summed E-state index contributed by atoms with van der Waals surface area (Å²) in [4.78, 5) is 20.2. The first-order valence-corrected chi connectivity index (χ1v) is 6.16. The first kappa shape index (κ1) is 13.1. The molecule has 6 heteroatoms. The van der Waals surface area contributed by atoms with Crippen LogP contribution in [0.3, 0.4) is 0 Å². The molecule has 0 fully saturated rings. The van der Waals surface area contributed by atoms with Crippen LogP contribution >= 0.6 is 0 Å². The lowest BCUT2D eigenvalue weighted by atomic mass is 10.2. The molecule has 2 rings (SSSR count). The third-order valence-corrected chi connectivity index (χ3v) is 2.79. The molecular weight excluding hydrogens is 242 g/mol. The molecule has 2 N–H and O–H groups in total. The Labute approximate surface area is 111 Å². The minimum absolute atomic E-state index is 0.104.